The van der Waals surface area contributed by atoms with Crippen molar-refractivity contribution in [2.45, 2.75) is 17.4 Å². The predicted molar refractivity (Wildman–Crippen MR) is 121 cm³/mol. The molecule has 0 radical (unpaired) electrons. The van der Waals surface area contributed by atoms with Crippen LogP contribution in [0.1, 0.15) is 16.8 Å². The third-order valence-electron chi connectivity index (χ3n) is 5.07. The van der Waals surface area contributed by atoms with Crippen LogP contribution in [0, 0.1) is 23.0 Å². The average Bonchev–Trinajstić information content (AvgIpc) is 2.81. The number of nitrogens with zero attached hydrogens (tertiary/aromatic N) is 2. The van der Waals surface area contributed by atoms with Crippen LogP contribution in [0.3, 0.4) is 0 Å². The SMILES string of the molecule is N#CCC1CN(S(=O)(=O)c2ccc(F)cc2)c2cc(NC(=O)c3cccc(Cl)c3F)ccc2O1. The van der Waals surface area contributed by atoms with Gasteiger partial charge in [-0.1, -0.05) is 17.7 Å². The lowest BCUT2D eigenvalue weighted by molar-refractivity contribution is 0.102. The number of nitriles is 1. The summed E-state index contributed by atoms with van der Waals surface area (Å²) in [7, 11) is -4.17. The monoisotopic (exact) mass is 503 g/mol. The van der Waals surface area contributed by atoms with E-state index in [9.17, 15) is 22.0 Å². The van der Waals surface area contributed by atoms with Crippen LogP contribution in [0.25, 0.3) is 0 Å². The highest BCUT2D eigenvalue weighted by atomic mass is 35.5. The molecule has 1 N–H and O–H groups in total. The molecule has 0 saturated heterocycles. The molecule has 0 aliphatic carbocycles. The van der Waals surface area contributed by atoms with Crippen LogP contribution in [-0.4, -0.2) is 27.0 Å². The minimum absolute atomic E-state index is 0.0680. The first-order valence-electron chi connectivity index (χ1n) is 9.92. The van der Waals surface area contributed by atoms with Crippen LogP contribution in [0.15, 0.2) is 65.6 Å². The first-order valence-corrected chi connectivity index (χ1v) is 11.7. The van der Waals surface area contributed by atoms with Gasteiger partial charge in [0.1, 0.15) is 17.7 Å². The summed E-state index contributed by atoms with van der Waals surface area (Å²) in [6.45, 7) is -0.180. The fourth-order valence-electron chi connectivity index (χ4n) is 3.44. The van der Waals surface area contributed by atoms with Crippen LogP contribution < -0.4 is 14.4 Å². The van der Waals surface area contributed by atoms with E-state index in [1.165, 1.54) is 36.4 Å². The summed E-state index contributed by atoms with van der Waals surface area (Å²) in [5.41, 5.74) is -0.0148. The first kappa shape index (κ1) is 23.5. The van der Waals surface area contributed by atoms with Crippen molar-refractivity contribution in [3.05, 3.63) is 82.9 Å². The quantitative estimate of drug-likeness (QED) is 0.542. The number of sulfonamides is 1. The highest BCUT2D eigenvalue weighted by molar-refractivity contribution is 7.92. The standard InChI is InChI=1S/C23H16ClF2N3O4S/c24-19-3-1-2-18(22(19)26)23(30)28-15-6-9-21-20(12-15)29(13-16(33-21)10-11-27)34(31,32)17-7-4-14(25)5-8-17/h1-9,12,16H,10,13H2,(H,28,30). The zero-order valence-corrected chi connectivity index (χ0v) is 18.9. The number of anilines is 2. The lowest BCUT2D eigenvalue weighted by atomic mass is 10.1. The van der Waals surface area contributed by atoms with E-state index in [0.29, 0.717) is 0 Å². The number of ether oxygens (including phenoxy) is 1. The molecule has 0 fully saturated rings. The minimum Gasteiger partial charge on any atom is -0.485 e. The van der Waals surface area contributed by atoms with E-state index in [-0.39, 0.29) is 45.6 Å². The van der Waals surface area contributed by atoms with Crippen molar-refractivity contribution in [3.8, 4) is 11.8 Å². The van der Waals surface area contributed by atoms with Gasteiger partial charge >= 0.3 is 0 Å². The van der Waals surface area contributed by atoms with E-state index in [0.717, 1.165) is 28.6 Å². The number of amides is 1. The predicted octanol–water partition coefficient (Wildman–Crippen LogP) is 4.74. The number of benzene rings is 3. The molecule has 4 rings (SSSR count). The molecule has 3 aromatic carbocycles. The van der Waals surface area contributed by atoms with E-state index in [1.807, 2.05) is 6.07 Å². The van der Waals surface area contributed by atoms with Gasteiger partial charge in [0, 0.05) is 5.69 Å². The third kappa shape index (κ3) is 4.53. The number of rotatable bonds is 5. The zero-order chi connectivity index (χ0) is 24.5. The van der Waals surface area contributed by atoms with Crippen molar-refractivity contribution in [3.63, 3.8) is 0 Å². The van der Waals surface area contributed by atoms with E-state index in [4.69, 9.17) is 21.6 Å². The smallest absolute Gasteiger partial charge is 0.264 e. The lowest BCUT2D eigenvalue weighted by Crippen LogP contribution is -2.43. The van der Waals surface area contributed by atoms with Crippen LogP contribution in [0.4, 0.5) is 20.2 Å². The topological polar surface area (TPSA) is 99.5 Å². The summed E-state index contributed by atoms with van der Waals surface area (Å²) in [5, 5.41) is 11.4. The van der Waals surface area contributed by atoms with Gasteiger partial charge in [-0.25, -0.2) is 17.2 Å². The van der Waals surface area contributed by atoms with Gasteiger partial charge < -0.3 is 10.1 Å². The Morgan fingerprint density at radius 3 is 2.62 bits per heavy atom. The number of nitrogens with one attached hydrogen (secondary N) is 1. The molecule has 1 amide bonds. The van der Waals surface area contributed by atoms with Gasteiger partial charge in [0.25, 0.3) is 15.9 Å². The van der Waals surface area contributed by atoms with Gasteiger partial charge in [-0.05, 0) is 54.6 Å². The fourth-order valence-corrected chi connectivity index (χ4v) is 5.11. The molecule has 7 nitrogen and oxygen atoms in total. The van der Waals surface area contributed by atoms with Crippen LogP contribution >= 0.6 is 11.6 Å². The molecule has 174 valence electrons. The van der Waals surface area contributed by atoms with E-state index >= 15 is 0 Å². The van der Waals surface area contributed by atoms with E-state index in [1.54, 1.807) is 0 Å². The minimum atomic E-state index is -4.17. The number of hydrogen-bond donors (Lipinski definition) is 1. The molecule has 11 heteroatoms. The molecule has 0 bridgehead atoms. The molecular weight excluding hydrogens is 488 g/mol. The molecule has 34 heavy (non-hydrogen) atoms. The molecular formula is C23H16ClF2N3O4S. The maximum absolute atomic E-state index is 14.2. The summed E-state index contributed by atoms with van der Waals surface area (Å²) >= 11 is 5.74. The highest BCUT2D eigenvalue weighted by Crippen LogP contribution is 2.39. The van der Waals surface area contributed by atoms with Gasteiger partial charge in [-0.3, -0.25) is 9.10 Å². The van der Waals surface area contributed by atoms with Gasteiger partial charge in [-0.2, -0.15) is 5.26 Å². The Balaban J connectivity index is 1.72. The van der Waals surface area contributed by atoms with Crippen LogP contribution in [-0.2, 0) is 10.0 Å². The molecule has 1 unspecified atom stereocenters. The Labute approximate surface area is 199 Å². The molecule has 0 aromatic heterocycles. The van der Waals surface area contributed by atoms with Gasteiger partial charge in [0.2, 0.25) is 0 Å². The maximum atomic E-state index is 14.2. The normalized spacial score (nSPS) is 15.1. The van der Waals surface area contributed by atoms with E-state index in [2.05, 4.69) is 5.32 Å². The second kappa shape index (κ2) is 9.29. The van der Waals surface area contributed by atoms with Crippen molar-refractivity contribution < 1.29 is 26.7 Å². The van der Waals surface area contributed by atoms with Crippen LogP contribution in [0.2, 0.25) is 5.02 Å². The number of halogens is 3. The Morgan fingerprint density at radius 1 is 1.18 bits per heavy atom. The summed E-state index contributed by atoms with van der Waals surface area (Å²) in [6.07, 6.45) is -0.810. The number of hydrogen-bond acceptors (Lipinski definition) is 5. The van der Waals surface area contributed by atoms with Crippen molar-refractivity contribution in [2.75, 3.05) is 16.2 Å². The first-order chi connectivity index (χ1) is 16.2. The average molecular weight is 504 g/mol. The molecule has 1 atom stereocenters. The van der Waals surface area contributed by atoms with Crippen molar-refractivity contribution in [1.29, 1.82) is 5.26 Å². The molecule has 1 aliphatic heterocycles. The lowest BCUT2D eigenvalue weighted by Gasteiger charge is -2.35. The molecule has 1 heterocycles. The molecule has 3 aromatic rings. The van der Waals surface area contributed by atoms with Gasteiger partial charge in [0.15, 0.2) is 5.82 Å². The summed E-state index contributed by atoms with van der Waals surface area (Å²) in [5.74, 6) is -2.10. The summed E-state index contributed by atoms with van der Waals surface area (Å²) < 4.78 is 61.1. The Bertz CT molecular complexity index is 1410. The zero-order valence-electron chi connectivity index (χ0n) is 17.3. The number of carbonyl (C=O) groups is 1. The van der Waals surface area contributed by atoms with Crippen molar-refractivity contribution >= 4 is 38.9 Å². The van der Waals surface area contributed by atoms with Crippen molar-refractivity contribution in [2.24, 2.45) is 0 Å². The summed E-state index contributed by atoms with van der Waals surface area (Å²) in [4.78, 5) is 12.4. The number of carbonyl (C=O) groups excluding carboxylic acids is 1. The highest BCUT2D eigenvalue weighted by Gasteiger charge is 2.35. The fraction of sp³-hybridized carbons (Fsp3) is 0.130. The Hall–Kier alpha value is -3.68. The number of fused-ring (bicyclic) bond motifs is 1. The second-order valence-electron chi connectivity index (χ2n) is 7.33. The van der Waals surface area contributed by atoms with Crippen molar-refractivity contribution in [1.82, 2.24) is 0 Å². The largest absolute Gasteiger partial charge is 0.485 e. The summed E-state index contributed by atoms with van der Waals surface area (Å²) in [6, 6.07) is 14.5. The molecule has 1 aliphatic rings. The third-order valence-corrected chi connectivity index (χ3v) is 7.15. The Morgan fingerprint density at radius 2 is 1.91 bits per heavy atom. The Kier molecular flexibility index (Phi) is 6.41. The molecule has 0 spiro atoms. The molecule has 0 saturated carbocycles. The second-order valence-corrected chi connectivity index (χ2v) is 9.60. The maximum Gasteiger partial charge on any atom is 0.264 e. The van der Waals surface area contributed by atoms with Crippen LogP contribution in [0.5, 0.6) is 5.75 Å². The van der Waals surface area contributed by atoms with Gasteiger partial charge in [-0.15, -0.1) is 0 Å². The van der Waals surface area contributed by atoms with Gasteiger partial charge in [0.05, 0.1) is 40.2 Å². The van der Waals surface area contributed by atoms with E-state index < -0.39 is 33.7 Å².